The van der Waals surface area contributed by atoms with Gasteiger partial charge in [-0.05, 0) is 24.3 Å². The lowest BCUT2D eigenvalue weighted by Crippen LogP contribution is -2.65. The van der Waals surface area contributed by atoms with Gasteiger partial charge >= 0.3 is 0 Å². The first-order valence-electron chi connectivity index (χ1n) is 11.8. The highest BCUT2D eigenvalue weighted by Crippen LogP contribution is 2.54. The van der Waals surface area contributed by atoms with Crippen LogP contribution in [0.1, 0.15) is 32.8 Å². The van der Waals surface area contributed by atoms with Crippen molar-refractivity contribution >= 4 is 17.7 Å². The summed E-state index contributed by atoms with van der Waals surface area (Å²) in [4.78, 5) is 40.5. The molecule has 8 heteroatoms. The van der Waals surface area contributed by atoms with E-state index in [0.717, 1.165) is 12.0 Å². The number of hydrogen-bond acceptors (Lipinski definition) is 5. The lowest BCUT2D eigenvalue weighted by Gasteiger charge is -2.50. The number of likely N-dealkylation sites (N-methyl/N-ethyl adjacent to an activating group) is 1. The van der Waals surface area contributed by atoms with E-state index in [1.165, 1.54) is 0 Å². The summed E-state index contributed by atoms with van der Waals surface area (Å²) in [6, 6.07) is 8.93. The van der Waals surface area contributed by atoms with Gasteiger partial charge in [-0.1, -0.05) is 44.2 Å². The number of likely N-dealkylation sites (tertiary alicyclic amines) is 1. The van der Waals surface area contributed by atoms with Gasteiger partial charge in [-0.15, -0.1) is 0 Å². The molecular formula is C25H36N4O4. The molecule has 180 valence electrons. The molecular weight excluding hydrogens is 420 g/mol. The normalized spacial score (nSPS) is 26.2. The smallest absolute Gasteiger partial charge is 0.245 e. The fourth-order valence-corrected chi connectivity index (χ4v) is 5.19. The maximum atomic E-state index is 13.3. The van der Waals surface area contributed by atoms with Gasteiger partial charge in [0.1, 0.15) is 6.04 Å². The molecule has 0 unspecified atom stereocenters. The van der Waals surface area contributed by atoms with Gasteiger partial charge in [0.2, 0.25) is 17.7 Å². The number of nitrogens with one attached hydrogen (secondary N) is 3. The van der Waals surface area contributed by atoms with Gasteiger partial charge in [-0.2, -0.15) is 0 Å². The second kappa shape index (κ2) is 9.06. The highest BCUT2D eigenvalue weighted by molar-refractivity contribution is 5.90. The van der Waals surface area contributed by atoms with Crippen LogP contribution in [0.5, 0.6) is 0 Å². The Bertz CT molecular complexity index is 897. The van der Waals surface area contributed by atoms with Crippen LogP contribution in [0.3, 0.4) is 0 Å². The minimum Gasteiger partial charge on any atom is -0.371 e. The van der Waals surface area contributed by atoms with Crippen molar-refractivity contribution in [2.24, 2.45) is 22.7 Å². The summed E-state index contributed by atoms with van der Waals surface area (Å²) in [7, 11) is 1.55. The van der Waals surface area contributed by atoms with Crippen molar-refractivity contribution < 1.29 is 19.1 Å². The molecule has 4 rings (SSSR count). The van der Waals surface area contributed by atoms with E-state index in [-0.39, 0.29) is 40.4 Å². The van der Waals surface area contributed by atoms with Crippen LogP contribution in [-0.2, 0) is 25.7 Å². The first kappa shape index (κ1) is 23.7. The van der Waals surface area contributed by atoms with Gasteiger partial charge in [0.05, 0.1) is 18.6 Å². The predicted molar refractivity (Wildman–Crippen MR) is 124 cm³/mol. The number of hydrogen-bond donors (Lipinski definition) is 3. The molecule has 1 spiro atoms. The maximum Gasteiger partial charge on any atom is 0.245 e. The molecule has 3 aliphatic rings. The van der Waals surface area contributed by atoms with Gasteiger partial charge in [0, 0.05) is 44.6 Å². The highest BCUT2D eigenvalue weighted by Gasteiger charge is 2.60. The summed E-state index contributed by atoms with van der Waals surface area (Å²) in [6.45, 7) is 8.83. The Balaban J connectivity index is 1.36. The lowest BCUT2D eigenvalue weighted by atomic mass is 9.70. The van der Waals surface area contributed by atoms with E-state index < -0.39 is 12.1 Å². The quantitative estimate of drug-likeness (QED) is 0.540. The monoisotopic (exact) mass is 456 g/mol. The van der Waals surface area contributed by atoms with Crippen LogP contribution in [0.15, 0.2) is 30.3 Å². The minimum atomic E-state index is -0.797. The summed E-state index contributed by atoms with van der Waals surface area (Å²) in [5.41, 5.74) is 0.838. The highest BCUT2D eigenvalue weighted by atomic mass is 16.5. The number of ether oxygens (including phenoxy) is 1. The zero-order valence-electron chi connectivity index (χ0n) is 20.0. The molecule has 1 aromatic rings. The Morgan fingerprint density at radius 3 is 2.45 bits per heavy atom. The molecule has 8 nitrogen and oxygen atoms in total. The van der Waals surface area contributed by atoms with Crippen LogP contribution in [-0.4, -0.2) is 68.0 Å². The standard InChI is InChI=1S/C25H36N4O4/c1-16(33-12-17-8-6-5-7-9-17)20(22(31)26-4)28-21(30)19-11-27-13-25(19)14-29(15-25)23(32)18-10-24(18,2)3/h5-9,16,18-20,27H,10-15H2,1-4H3,(H,26,31)(H,28,30)/t16-,18-,19-,20+/m1/s1. The van der Waals surface area contributed by atoms with E-state index in [0.29, 0.717) is 32.8 Å². The Morgan fingerprint density at radius 2 is 1.85 bits per heavy atom. The molecule has 3 amide bonds. The maximum absolute atomic E-state index is 13.3. The number of nitrogens with zero attached hydrogens (tertiary/aromatic N) is 1. The average molecular weight is 457 g/mol. The van der Waals surface area contributed by atoms with E-state index >= 15 is 0 Å². The molecule has 2 saturated heterocycles. The minimum absolute atomic E-state index is 0.0984. The Morgan fingerprint density at radius 1 is 1.18 bits per heavy atom. The fourth-order valence-electron chi connectivity index (χ4n) is 5.19. The molecule has 1 aliphatic carbocycles. The number of benzene rings is 1. The number of amides is 3. The number of carbonyl (C=O) groups is 3. The molecule has 3 fully saturated rings. The van der Waals surface area contributed by atoms with E-state index in [1.807, 2.05) is 35.2 Å². The van der Waals surface area contributed by atoms with Crippen molar-refractivity contribution in [3.05, 3.63) is 35.9 Å². The summed E-state index contributed by atoms with van der Waals surface area (Å²) < 4.78 is 5.93. The van der Waals surface area contributed by atoms with Gasteiger partial charge in [-0.3, -0.25) is 14.4 Å². The molecule has 3 N–H and O–H groups in total. The van der Waals surface area contributed by atoms with Crippen LogP contribution < -0.4 is 16.0 Å². The van der Waals surface area contributed by atoms with Crippen LogP contribution in [0.2, 0.25) is 0 Å². The molecule has 2 heterocycles. The molecule has 4 atom stereocenters. The summed E-state index contributed by atoms with van der Waals surface area (Å²) in [6.07, 6.45) is 0.433. The summed E-state index contributed by atoms with van der Waals surface area (Å²) >= 11 is 0. The van der Waals surface area contributed by atoms with Crippen molar-refractivity contribution in [1.29, 1.82) is 0 Å². The van der Waals surface area contributed by atoms with Gasteiger partial charge < -0.3 is 25.6 Å². The average Bonchev–Trinajstić information content (AvgIpc) is 3.20. The number of rotatable bonds is 8. The molecule has 0 bridgehead atoms. The van der Waals surface area contributed by atoms with Crippen LogP contribution in [0, 0.1) is 22.7 Å². The van der Waals surface area contributed by atoms with Gasteiger partial charge in [0.25, 0.3) is 0 Å². The zero-order valence-corrected chi connectivity index (χ0v) is 20.0. The first-order chi connectivity index (χ1) is 15.7. The SMILES string of the molecule is CNC(=O)[C@@H](NC(=O)[C@H]1CNCC12CN(C(=O)[C@H]1CC1(C)C)C2)[C@@H](C)OCc1ccccc1. The Kier molecular flexibility index (Phi) is 6.51. The van der Waals surface area contributed by atoms with Crippen LogP contribution >= 0.6 is 0 Å². The number of carbonyl (C=O) groups excluding carboxylic acids is 3. The van der Waals surface area contributed by atoms with Crippen molar-refractivity contribution in [3.8, 4) is 0 Å². The van der Waals surface area contributed by atoms with Gasteiger partial charge in [0.15, 0.2) is 0 Å². The van der Waals surface area contributed by atoms with E-state index in [1.54, 1.807) is 14.0 Å². The first-order valence-corrected chi connectivity index (χ1v) is 11.8. The second-order valence-electron chi connectivity index (χ2n) is 10.6. The Hall–Kier alpha value is -2.45. The van der Waals surface area contributed by atoms with Crippen LogP contribution in [0.25, 0.3) is 0 Å². The summed E-state index contributed by atoms with van der Waals surface area (Å²) in [5, 5.41) is 8.91. The van der Waals surface area contributed by atoms with Crippen LogP contribution in [0.4, 0.5) is 0 Å². The van der Waals surface area contributed by atoms with Crippen molar-refractivity contribution in [2.75, 3.05) is 33.2 Å². The molecule has 33 heavy (non-hydrogen) atoms. The molecule has 2 aliphatic heterocycles. The predicted octanol–water partition coefficient (Wildman–Crippen LogP) is 0.917. The molecule has 0 aromatic heterocycles. The topological polar surface area (TPSA) is 99.8 Å². The van der Waals surface area contributed by atoms with E-state index in [2.05, 4.69) is 29.8 Å². The van der Waals surface area contributed by atoms with Crippen molar-refractivity contribution in [3.63, 3.8) is 0 Å². The third-order valence-electron chi connectivity index (χ3n) is 7.67. The van der Waals surface area contributed by atoms with Crippen molar-refractivity contribution in [2.45, 2.75) is 45.9 Å². The third kappa shape index (κ3) is 4.77. The molecule has 1 saturated carbocycles. The molecule has 1 aromatic carbocycles. The fraction of sp³-hybridized carbons (Fsp3) is 0.640. The van der Waals surface area contributed by atoms with Gasteiger partial charge in [-0.25, -0.2) is 0 Å². The van der Waals surface area contributed by atoms with E-state index in [9.17, 15) is 14.4 Å². The second-order valence-corrected chi connectivity index (χ2v) is 10.6. The third-order valence-corrected chi connectivity index (χ3v) is 7.67. The Labute approximate surface area is 195 Å². The molecule has 0 radical (unpaired) electrons. The zero-order chi connectivity index (χ0) is 23.8. The lowest BCUT2D eigenvalue weighted by molar-refractivity contribution is -0.152. The van der Waals surface area contributed by atoms with E-state index in [4.69, 9.17) is 4.74 Å². The summed E-state index contributed by atoms with van der Waals surface area (Å²) in [5.74, 6) is -0.422. The largest absolute Gasteiger partial charge is 0.371 e. The van der Waals surface area contributed by atoms with Crippen molar-refractivity contribution in [1.82, 2.24) is 20.9 Å².